The second kappa shape index (κ2) is 7.41. The summed E-state index contributed by atoms with van der Waals surface area (Å²) >= 11 is 0. The Bertz CT molecular complexity index is 560. The molecule has 1 atom stereocenters. The Morgan fingerprint density at radius 1 is 1.30 bits per heavy atom. The van der Waals surface area contributed by atoms with E-state index in [4.69, 9.17) is 10.5 Å². The first-order chi connectivity index (χ1) is 11.2. The summed E-state index contributed by atoms with van der Waals surface area (Å²) in [5, 5.41) is 0. The zero-order valence-electron chi connectivity index (χ0n) is 13.5. The van der Waals surface area contributed by atoms with Crippen molar-refractivity contribution in [1.29, 1.82) is 0 Å². The molecule has 3 rings (SSSR count). The van der Waals surface area contributed by atoms with Crippen molar-refractivity contribution in [3.63, 3.8) is 0 Å². The van der Waals surface area contributed by atoms with Crippen LogP contribution in [0.5, 0.6) is 0 Å². The van der Waals surface area contributed by atoms with Gasteiger partial charge in [0.2, 0.25) is 0 Å². The van der Waals surface area contributed by atoms with Gasteiger partial charge in [-0.3, -0.25) is 4.79 Å². The number of likely N-dealkylation sites (tertiary alicyclic amines) is 1. The van der Waals surface area contributed by atoms with Crippen LogP contribution >= 0.6 is 0 Å². The monoisotopic (exact) mass is 320 g/mol. The van der Waals surface area contributed by atoms with Gasteiger partial charge in [-0.15, -0.1) is 0 Å². The molecule has 23 heavy (non-hydrogen) atoms. The normalized spacial score (nSPS) is 21.5. The zero-order valence-corrected chi connectivity index (χ0v) is 13.5. The fraction of sp³-hybridized carbons (Fsp3) is 0.611. The second-order valence-corrected chi connectivity index (χ2v) is 6.65. The first-order valence-electron chi connectivity index (χ1n) is 8.56. The fourth-order valence-corrected chi connectivity index (χ4v) is 3.12. The van der Waals surface area contributed by atoms with Gasteiger partial charge in [0.25, 0.3) is 5.91 Å². The third-order valence-corrected chi connectivity index (χ3v) is 4.76. The van der Waals surface area contributed by atoms with E-state index < -0.39 is 0 Å². The van der Waals surface area contributed by atoms with Gasteiger partial charge >= 0.3 is 0 Å². The molecule has 2 N–H and O–H groups in total. The van der Waals surface area contributed by atoms with Crippen molar-refractivity contribution in [2.45, 2.75) is 44.8 Å². The van der Waals surface area contributed by atoms with E-state index in [1.54, 1.807) is 12.1 Å². The number of hydrogen-bond donors (Lipinski definition) is 1. The predicted octanol–water partition coefficient (Wildman–Crippen LogP) is 2.71. The molecule has 0 unspecified atom stereocenters. The van der Waals surface area contributed by atoms with Gasteiger partial charge in [-0.1, -0.05) is 0 Å². The van der Waals surface area contributed by atoms with Gasteiger partial charge in [-0.25, -0.2) is 4.39 Å². The van der Waals surface area contributed by atoms with E-state index in [-0.39, 0.29) is 24.4 Å². The molecule has 1 heterocycles. The maximum atomic E-state index is 13.9. The molecule has 0 radical (unpaired) electrons. The molecule has 1 saturated carbocycles. The van der Waals surface area contributed by atoms with Crippen LogP contribution in [-0.4, -0.2) is 36.5 Å². The number of carbonyl (C=O) groups is 1. The lowest BCUT2D eigenvalue weighted by molar-refractivity contribution is 0.0622. The first kappa shape index (κ1) is 16.4. The third kappa shape index (κ3) is 4.09. The average molecular weight is 320 g/mol. The number of nitrogens with two attached hydrogens (primary N) is 1. The van der Waals surface area contributed by atoms with Crippen molar-refractivity contribution in [3.8, 4) is 0 Å². The zero-order chi connectivity index (χ0) is 16.2. The number of amides is 1. The summed E-state index contributed by atoms with van der Waals surface area (Å²) in [4.78, 5) is 14.6. The number of hydrogen-bond acceptors (Lipinski definition) is 3. The van der Waals surface area contributed by atoms with E-state index in [0.717, 1.165) is 25.8 Å². The van der Waals surface area contributed by atoms with Crippen molar-refractivity contribution in [2.24, 2.45) is 11.7 Å². The first-order valence-corrected chi connectivity index (χ1v) is 8.56. The standard InChI is InChI=1S/C18H25FN2O2/c19-17-7-6-14(9-15(17)12-23-11-13-4-5-13)18(22)21-8-2-1-3-16(21)10-20/h6-7,9,13,16H,1-5,8,10-12,20H2/t16-/m0/s1. The maximum absolute atomic E-state index is 13.9. The van der Waals surface area contributed by atoms with Crippen molar-refractivity contribution in [1.82, 2.24) is 4.90 Å². The number of benzene rings is 1. The molecule has 1 aromatic rings. The molecule has 1 aliphatic carbocycles. The summed E-state index contributed by atoms with van der Waals surface area (Å²) in [6.45, 7) is 2.11. The Kier molecular flexibility index (Phi) is 5.28. The van der Waals surface area contributed by atoms with E-state index in [2.05, 4.69) is 0 Å². The highest BCUT2D eigenvalue weighted by Crippen LogP contribution is 2.29. The van der Waals surface area contributed by atoms with Crippen LogP contribution in [0, 0.1) is 11.7 Å². The molecule has 126 valence electrons. The molecule has 1 saturated heterocycles. The summed E-state index contributed by atoms with van der Waals surface area (Å²) < 4.78 is 19.5. The summed E-state index contributed by atoms with van der Waals surface area (Å²) in [5.41, 5.74) is 6.77. The minimum atomic E-state index is -0.314. The quantitative estimate of drug-likeness (QED) is 0.877. The number of ether oxygens (including phenoxy) is 1. The van der Waals surface area contributed by atoms with Crippen LogP contribution in [0.25, 0.3) is 0 Å². The lowest BCUT2D eigenvalue weighted by atomic mass is 10.0. The van der Waals surface area contributed by atoms with Gasteiger partial charge in [-0.2, -0.15) is 0 Å². The third-order valence-electron chi connectivity index (χ3n) is 4.76. The topological polar surface area (TPSA) is 55.6 Å². The van der Waals surface area contributed by atoms with Gasteiger partial charge in [0.05, 0.1) is 6.61 Å². The van der Waals surface area contributed by atoms with Gasteiger partial charge in [0.1, 0.15) is 5.82 Å². The van der Waals surface area contributed by atoms with Crippen LogP contribution in [0.2, 0.25) is 0 Å². The lowest BCUT2D eigenvalue weighted by Crippen LogP contribution is -2.47. The molecule has 2 aliphatic rings. The SMILES string of the molecule is NC[C@@H]1CCCCN1C(=O)c1ccc(F)c(COCC2CC2)c1. The summed E-state index contributed by atoms with van der Waals surface area (Å²) in [6.07, 6.45) is 5.46. The van der Waals surface area contributed by atoms with Crippen molar-refractivity contribution >= 4 is 5.91 Å². The Labute approximate surface area is 136 Å². The Balaban J connectivity index is 1.69. The van der Waals surface area contributed by atoms with Crippen molar-refractivity contribution < 1.29 is 13.9 Å². The molecular formula is C18H25FN2O2. The number of carbonyl (C=O) groups excluding carboxylic acids is 1. The van der Waals surface area contributed by atoms with Crippen LogP contribution < -0.4 is 5.73 Å². The smallest absolute Gasteiger partial charge is 0.254 e. The van der Waals surface area contributed by atoms with Gasteiger partial charge in [-0.05, 0) is 56.2 Å². The molecule has 2 fully saturated rings. The summed E-state index contributed by atoms with van der Waals surface area (Å²) in [7, 11) is 0. The number of rotatable bonds is 6. The molecular weight excluding hydrogens is 295 g/mol. The minimum absolute atomic E-state index is 0.0522. The molecule has 4 nitrogen and oxygen atoms in total. The molecule has 1 amide bonds. The van der Waals surface area contributed by atoms with Crippen molar-refractivity contribution in [2.75, 3.05) is 19.7 Å². The molecule has 5 heteroatoms. The van der Waals surface area contributed by atoms with Gasteiger partial charge in [0.15, 0.2) is 0 Å². The van der Waals surface area contributed by atoms with E-state index in [0.29, 0.717) is 30.2 Å². The highest BCUT2D eigenvalue weighted by Gasteiger charge is 2.27. The van der Waals surface area contributed by atoms with Crippen LogP contribution in [0.4, 0.5) is 4.39 Å². The van der Waals surface area contributed by atoms with E-state index >= 15 is 0 Å². The average Bonchev–Trinajstić information content (AvgIpc) is 3.40. The number of nitrogens with zero attached hydrogens (tertiary/aromatic N) is 1. The summed E-state index contributed by atoms with van der Waals surface area (Å²) in [5.74, 6) is 0.275. The molecule has 0 bridgehead atoms. The summed E-state index contributed by atoms with van der Waals surface area (Å²) in [6, 6.07) is 4.65. The Morgan fingerprint density at radius 3 is 2.87 bits per heavy atom. The molecule has 1 aliphatic heterocycles. The highest BCUT2D eigenvalue weighted by atomic mass is 19.1. The largest absolute Gasteiger partial charge is 0.376 e. The lowest BCUT2D eigenvalue weighted by Gasteiger charge is -2.35. The molecule has 0 spiro atoms. The Morgan fingerprint density at radius 2 is 2.13 bits per heavy atom. The van der Waals surface area contributed by atoms with E-state index in [1.807, 2.05) is 4.90 Å². The molecule has 1 aromatic carbocycles. The van der Waals surface area contributed by atoms with Crippen LogP contribution in [0.15, 0.2) is 18.2 Å². The van der Waals surface area contributed by atoms with E-state index in [1.165, 1.54) is 18.9 Å². The predicted molar refractivity (Wildman–Crippen MR) is 86.5 cm³/mol. The van der Waals surface area contributed by atoms with Gasteiger partial charge < -0.3 is 15.4 Å². The molecule has 0 aromatic heterocycles. The van der Waals surface area contributed by atoms with Crippen LogP contribution in [-0.2, 0) is 11.3 Å². The number of piperidine rings is 1. The maximum Gasteiger partial charge on any atom is 0.254 e. The minimum Gasteiger partial charge on any atom is -0.376 e. The second-order valence-electron chi connectivity index (χ2n) is 6.65. The highest BCUT2D eigenvalue weighted by molar-refractivity contribution is 5.94. The van der Waals surface area contributed by atoms with Gasteiger partial charge in [0, 0.05) is 36.9 Å². The van der Waals surface area contributed by atoms with Crippen LogP contribution in [0.3, 0.4) is 0 Å². The Hall–Kier alpha value is -1.46. The fourth-order valence-electron chi connectivity index (χ4n) is 3.12. The van der Waals surface area contributed by atoms with Crippen LogP contribution in [0.1, 0.15) is 48.0 Å². The van der Waals surface area contributed by atoms with E-state index in [9.17, 15) is 9.18 Å². The van der Waals surface area contributed by atoms with Crippen molar-refractivity contribution in [3.05, 3.63) is 35.1 Å². The number of halogens is 1.